The Morgan fingerprint density at radius 1 is 1.44 bits per heavy atom. The SMILES string of the molecule is N#CCCN(C(=O)C1CCCN1)c1ccccc1. The summed E-state index contributed by atoms with van der Waals surface area (Å²) in [6.45, 7) is 1.36. The van der Waals surface area contributed by atoms with Crippen LogP contribution in [0.4, 0.5) is 5.69 Å². The zero-order valence-electron chi connectivity index (χ0n) is 10.3. The van der Waals surface area contributed by atoms with Crippen molar-refractivity contribution in [2.24, 2.45) is 0 Å². The van der Waals surface area contributed by atoms with Crippen LogP contribution in [0, 0.1) is 11.3 Å². The lowest BCUT2D eigenvalue weighted by molar-refractivity contribution is -0.120. The smallest absolute Gasteiger partial charge is 0.244 e. The maximum Gasteiger partial charge on any atom is 0.244 e. The summed E-state index contributed by atoms with van der Waals surface area (Å²) in [6, 6.07) is 11.6. The molecule has 1 unspecified atom stereocenters. The van der Waals surface area contributed by atoms with Gasteiger partial charge in [0.2, 0.25) is 5.91 Å². The molecular formula is C14H17N3O. The van der Waals surface area contributed by atoms with Crippen LogP contribution in [0.25, 0.3) is 0 Å². The number of rotatable bonds is 4. The molecule has 4 nitrogen and oxygen atoms in total. The number of nitrogens with zero attached hydrogens (tertiary/aromatic N) is 2. The third-order valence-corrected chi connectivity index (χ3v) is 3.14. The van der Waals surface area contributed by atoms with E-state index in [0.29, 0.717) is 13.0 Å². The van der Waals surface area contributed by atoms with Gasteiger partial charge in [-0.2, -0.15) is 5.26 Å². The number of hydrogen-bond acceptors (Lipinski definition) is 3. The van der Waals surface area contributed by atoms with Crippen LogP contribution in [0.15, 0.2) is 30.3 Å². The molecule has 1 atom stereocenters. The number of carbonyl (C=O) groups excluding carboxylic acids is 1. The third kappa shape index (κ3) is 2.88. The van der Waals surface area contributed by atoms with Gasteiger partial charge in [-0.15, -0.1) is 0 Å². The molecule has 1 N–H and O–H groups in total. The van der Waals surface area contributed by atoms with Gasteiger partial charge in [0.05, 0.1) is 18.5 Å². The number of anilines is 1. The van der Waals surface area contributed by atoms with Crippen molar-refractivity contribution in [3.05, 3.63) is 30.3 Å². The van der Waals surface area contributed by atoms with Gasteiger partial charge >= 0.3 is 0 Å². The lowest BCUT2D eigenvalue weighted by Gasteiger charge is -2.25. The van der Waals surface area contributed by atoms with Crippen molar-refractivity contribution in [3.8, 4) is 6.07 Å². The number of nitrogens with one attached hydrogen (secondary N) is 1. The van der Waals surface area contributed by atoms with E-state index >= 15 is 0 Å². The summed E-state index contributed by atoms with van der Waals surface area (Å²) in [5.74, 6) is 0.0777. The molecule has 1 aliphatic rings. The molecule has 0 bridgehead atoms. The van der Waals surface area contributed by atoms with Crippen molar-refractivity contribution in [1.82, 2.24) is 5.32 Å². The van der Waals surface area contributed by atoms with Crippen LogP contribution >= 0.6 is 0 Å². The second-order valence-electron chi connectivity index (χ2n) is 4.38. The lowest BCUT2D eigenvalue weighted by Crippen LogP contribution is -2.44. The minimum Gasteiger partial charge on any atom is -0.310 e. The molecule has 94 valence electrons. The van der Waals surface area contributed by atoms with Gasteiger partial charge in [0, 0.05) is 12.2 Å². The first kappa shape index (κ1) is 12.6. The monoisotopic (exact) mass is 243 g/mol. The molecule has 4 heteroatoms. The molecule has 0 spiro atoms. The Bertz CT molecular complexity index is 432. The van der Waals surface area contributed by atoms with Crippen molar-refractivity contribution in [1.29, 1.82) is 5.26 Å². The Morgan fingerprint density at radius 3 is 2.83 bits per heavy atom. The van der Waals surface area contributed by atoms with Crippen molar-refractivity contribution in [2.75, 3.05) is 18.0 Å². The Hall–Kier alpha value is -1.86. The van der Waals surface area contributed by atoms with E-state index in [0.717, 1.165) is 25.1 Å². The minimum atomic E-state index is -0.0936. The highest BCUT2D eigenvalue weighted by Crippen LogP contribution is 2.17. The second kappa shape index (κ2) is 6.18. The molecule has 1 aliphatic heterocycles. The molecule has 0 aromatic heterocycles. The summed E-state index contributed by atoms with van der Waals surface area (Å²) < 4.78 is 0. The Kier molecular flexibility index (Phi) is 4.32. The van der Waals surface area contributed by atoms with E-state index in [4.69, 9.17) is 5.26 Å². The van der Waals surface area contributed by atoms with E-state index < -0.39 is 0 Å². The van der Waals surface area contributed by atoms with Gasteiger partial charge in [-0.3, -0.25) is 4.79 Å². The van der Waals surface area contributed by atoms with Crippen LogP contribution in [0.2, 0.25) is 0 Å². The number of para-hydroxylation sites is 1. The van der Waals surface area contributed by atoms with Gasteiger partial charge in [-0.1, -0.05) is 18.2 Å². The summed E-state index contributed by atoms with van der Waals surface area (Å²) in [7, 11) is 0. The fourth-order valence-electron chi connectivity index (χ4n) is 2.22. The molecule has 0 radical (unpaired) electrons. The van der Waals surface area contributed by atoms with Gasteiger partial charge in [0.1, 0.15) is 0 Å². The summed E-state index contributed by atoms with van der Waals surface area (Å²) in [6.07, 6.45) is 2.28. The fourth-order valence-corrected chi connectivity index (χ4v) is 2.22. The van der Waals surface area contributed by atoms with Crippen LogP contribution in [-0.4, -0.2) is 25.0 Å². The number of hydrogen-bond donors (Lipinski definition) is 1. The first-order valence-corrected chi connectivity index (χ1v) is 6.29. The quantitative estimate of drug-likeness (QED) is 0.875. The summed E-state index contributed by atoms with van der Waals surface area (Å²) in [5, 5.41) is 11.9. The Labute approximate surface area is 107 Å². The Balaban J connectivity index is 2.14. The predicted molar refractivity (Wildman–Crippen MR) is 70.0 cm³/mol. The molecule has 1 fully saturated rings. The zero-order chi connectivity index (χ0) is 12.8. The lowest BCUT2D eigenvalue weighted by atomic mass is 10.1. The second-order valence-corrected chi connectivity index (χ2v) is 4.38. The van der Waals surface area contributed by atoms with Crippen LogP contribution in [0.1, 0.15) is 19.3 Å². The summed E-state index contributed by atoms with van der Waals surface area (Å²) >= 11 is 0. The van der Waals surface area contributed by atoms with Crippen LogP contribution < -0.4 is 10.2 Å². The van der Waals surface area contributed by atoms with Gasteiger partial charge in [0.25, 0.3) is 0 Å². The highest BCUT2D eigenvalue weighted by atomic mass is 16.2. The van der Waals surface area contributed by atoms with Crippen molar-refractivity contribution < 1.29 is 4.79 Å². The minimum absolute atomic E-state index is 0.0777. The first-order chi connectivity index (χ1) is 8.83. The number of carbonyl (C=O) groups is 1. The maximum atomic E-state index is 12.4. The maximum absolute atomic E-state index is 12.4. The molecule has 1 aromatic carbocycles. The molecule has 1 heterocycles. The first-order valence-electron chi connectivity index (χ1n) is 6.29. The van der Waals surface area contributed by atoms with Gasteiger partial charge in [-0.05, 0) is 31.5 Å². The average Bonchev–Trinajstić information content (AvgIpc) is 2.94. The predicted octanol–water partition coefficient (Wildman–Crippen LogP) is 1.69. The average molecular weight is 243 g/mol. The standard InChI is InChI=1S/C14H17N3O/c15-9-5-11-17(12-6-2-1-3-7-12)14(18)13-8-4-10-16-13/h1-3,6-7,13,16H,4-5,8,10-11H2. The third-order valence-electron chi connectivity index (χ3n) is 3.14. The topological polar surface area (TPSA) is 56.1 Å². The van der Waals surface area contributed by atoms with E-state index in [1.807, 2.05) is 30.3 Å². The van der Waals surface area contributed by atoms with Gasteiger partial charge in [-0.25, -0.2) is 0 Å². The molecule has 1 amide bonds. The highest BCUT2D eigenvalue weighted by molar-refractivity contribution is 5.97. The van der Waals surface area contributed by atoms with E-state index in [1.54, 1.807) is 4.90 Å². The summed E-state index contributed by atoms with van der Waals surface area (Å²) in [5.41, 5.74) is 0.867. The van der Waals surface area contributed by atoms with Gasteiger partial charge in [0.15, 0.2) is 0 Å². The molecule has 0 aliphatic carbocycles. The van der Waals surface area contributed by atoms with E-state index in [1.165, 1.54) is 0 Å². The van der Waals surface area contributed by atoms with E-state index in [9.17, 15) is 4.79 Å². The molecule has 0 saturated carbocycles. The zero-order valence-corrected chi connectivity index (χ0v) is 10.3. The number of nitriles is 1. The van der Waals surface area contributed by atoms with Crippen molar-refractivity contribution in [2.45, 2.75) is 25.3 Å². The van der Waals surface area contributed by atoms with E-state index in [2.05, 4.69) is 11.4 Å². The van der Waals surface area contributed by atoms with Gasteiger partial charge < -0.3 is 10.2 Å². The van der Waals surface area contributed by atoms with Crippen molar-refractivity contribution in [3.63, 3.8) is 0 Å². The molecule has 1 aromatic rings. The van der Waals surface area contributed by atoms with Crippen LogP contribution in [0.5, 0.6) is 0 Å². The normalized spacial score (nSPS) is 18.3. The van der Waals surface area contributed by atoms with Crippen molar-refractivity contribution >= 4 is 11.6 Å². The molecule has 18 heavy (non-hydrogen) atoms. The molecular weight excluding hydrogens is 226 g/mol. The van der Waals surface area contributed by atoms with Crippen LogP contribution in [0.3, 0.4) is 0 Å². The number of amides is 1. The fraction of sp³-hybridized carbons (Fsp3) is 0.429. The molecule has 1 saturated heterocycles. The number of benzene rings is 1. The largest absolute Gasteiger partial charge is 0.310 e. The molecule has 2 rings (SSSR count). The van der Waals surface area contributed by atoms with Crippen LogP contribution in [-0.2, 0) is 4.79 Å². The highest BCUT2D eigenvalue weighted by Gasteiger charge is 2.27. The van der Waals surface area contributed by atoms with E-state index in [-0.39, 0.29) is 11.9 Å². The summed E-state index contributed by atoms with van der Waals surface area (Å²) in [4.78, 5) is 14.1. The Morgan fingerprint density at radius 2 is 2.22 bits per heavy atom.